The van der Waals surface area contributed by atoms with Crippen molar-refractivity contribution in [3.8, 4) is 0 Å². The number of nitrogens with one attached hydrogen (secondary N) is 1. The van der Waals surface area contributed by atoms with Gasteiger partial charge in [-0.25, -0.2) is 8.78 Å². The van der Waals surface area contributed by atoms with Gasteiger partial charge in [0, 0.05) is 6.61 Å². The van der Waals surface area contributed by atoms with Crippen LogP contribution in [0, 0.1) is 11.6 Å². The summed E-state index contributed by atoms with van der Waals surface area (Å²) in [7, 11) is 0. The lowest BCUT2D eigenvalue weighted by Gasteiger charge is -2.35. The summed E-state index contributed by atoms with van der Waals surface area (Å²) in [6.45, 7) is 1.41. The Bertz CT molecular complexity index is 518. The number of rotatable bonds is 2. The molecule has 2 saturated heterocycles. The first-order chi connectivity index (χ1) is 9.66. The molecular weight excluding hydrogens is 266 g/mol. The van der Waals surface area contributed by atoms with E-state index in [1.54, 1.807) is 4.90 Å². The summed E-state index contributed by atoms with van der Waals surface area (Å²) in [5.74, 6) is -1.82. The van der Waals surface area contributed by atoms with Gasteiger partial charge in [-0.2, -0.15) is 0 Å². The Morgan fingerprint density at radius 3 is 2.85 bits per heavy atom. The van der Waals surface area contributed by atoms with Crippen LogP contribution in [-0.4, -0.2) is 36.6 Å². The zero-order valence-corrected chi connectivity index (χ0v) is 10.9. The number of ether oxygens (including phenoxy) is 1. The second kappa shape index (κ2) is 5.46. The molecule has 4 nitrogen and oxygen atoms in total. The third kappa shape index (κ3) is 2.41. The monoisotopic (exact) mass is 282 g/mol. The van der Waals surface area contributed by atoms with Crippen molar-refractivity contribution in [3.63, 3.8) is 0 Å². The fourth-order valence-corrected chi connectivity index (χ4v) is 2.84. The van der Waals surface area contributed by atoms with E-state index < -0.39 is 17.8 Å². The molecule has 1 N–H and O–H groups in total. The maximum Gasteiger partial charge on any atom is 0.238 e. The van der Waals surface area contributed by atoms with E-state index in [9.17, 15) is 13.6 Å². The van der Waals surface area contributed by atoms with E-state index in [-0.39, 0.29) is 18.5 Å². The summed E-state index contributed by atoms with van der Waals surface area (Å²) < 4.78 is 31.8. The predicted octanol–water partition coefficient (Wildman–Crippen LogP) is 1.57. The first-order valence-corrected chi connectivity index (χ1v) is 6.74. The molecule has 2 unspecified atom stereocenters. The van der Waals surface area contributed by atoms with E-state index in [0.717, 1.165) is 25.0 Å². The van der Waals surface area contributed by atoms with Crippen LogP contribution in [0.5, 0.6) is 0 Å². The Balaban J connectivity index is 1.86. The van der Waals surface area contributed by atoms with Crippen molar-refractivity contribution in [2.45, 2.75) is 25.0 Å². The molecule has 2 atom stereocenters. The highest BCUT2D eigenvalue weighted by atomic mass is 19.2. The first kappa shape index (κ1) is 13.5. The molecule has 2 heterocycles. The van der Waals surface area contributed by atoms with Gasteiger partial charge in [0.05, 0.1) is 19.2 Å². The third-order valence-electron chi connectivity index (χ3n) is 3.80. The molecule has 0 aromatic heterocycles. The molecule has 0 saturated carbocycles. The highest BCUT2D eigenvalue weighted by Crippen LogP contribution is 2.28. The van der Waals surface area contributed by atoms with Gasteiger partial charge in [0.15, 0.2) is 11.6 Å². The van der Waals surface area contributed by atoms with Gasteiger partial charge < -0.3 is 9.64 Å². The summed E-state index contributed by atoms with van der Waals surface area (Å²) in [5, 5.41) is 3.05. The maximum absolute atomic E-state index is 13.4. The average molecular weight is 282 g/mol. The van der Waals surface area contributed by atoms with Crippen LogP contribution >= 0.6 is 0 Å². The lowest BCUT2D eigenvalue weighted by molar-refractivity contribution is -0.133. The normalized spacial score (nSPS) is 27.1. The van der Waals surface area contributed by atoms with Crippen molar-refractivity contribution in [1.82, 2.24) is 10.2 Å². The van der Waals surface area contributed by atoms with E-state index in [2.05, 4.69) is 5.32 Å². The molecule has 0 aliphatic carbocycles. The van der Waals surface area contributed by atoms with Gasteiger partial charge in [0.2, 0.25) is 5.91 Å². The molecule has 1 aromatic carbocycles. The predicted molar refractivity (Wildman–Crippen MR) is 67.8 cm³/mol. The Morgan fingerprint density at radius 2 is 2.15 bits per heavy atom. The zero-order valence-electron chi connectivity index (χ0n) is 10.9. The highest BCUT2D eigenvalue weighted by molar-refractivity contribution is 5.81. The number of halogens is 2. The average Bonchev–Trinajstić information content (AvgIpc) is 2.85. The van der Waals surface area contributed by atoms with Gasteiger partial charge >= 0.3 is 0 Å². The van der Waals surface area contributed by atoms with Crippen LogP contribution in [0.15, 0.2) is 18.2 Å². The lowest BCUT2D eigenvalue weighted by Crippen LogP contribution is -2.44. The van der Waals surface area contributed by atoms with Gasteiger partial charge in [-0.15, -0.1) is 0 Å². The van der Waals surface area contributed by atoms with Gasteiger partial charge in [-0.1, -0.05) is 6.07 Å². The number of carbonyl (C=O) groups excluding carboxylic acids is 1. The van der Waals surface area contributed by atoms with E-state index in [0.29, 0.717) is 18.8 Å². The highest BCUT2D eigenvalue weighted by Gasteiger charge is 2.37. The SMILES string of the molecule is O=C1CNC(c2ccc(F)c(F)c2)N1C1CCCOC1. The minimum absolute atomic E-state index is 0.00985. The van der Waals surface area contributed by atoms with Crippen molar-refractivity contribution < 1.29 is 18.3 Å². The van der Waals surface area contributed by atoms with Crippen LogP contribution in [0.1, 0.15) is 24.6 Å². The summed E-state index contributed by atoms with van der Waals surface area (Å²) >= 11 is 0. The first-order valence-electron chi connectivity index (χ1n) is 6.74. The van der Waals surface area contributed by atoms with Gasteiger partial charge in [0.1, 0.15) is 6.17 Å². The summed E-state index contributed by atoms with van der Waals surface area (Å²) in [6.07, 6.45) is 1.36. The lowest BCUT2D eigenvalue weighted by atomic mass is 10.1. The van der Waals surface area contributed by atoms with E-state index >= 15 is 0 Å². The molecule has 2 aliphatic rings. The van der Waals surface area contributed by atoms with Crippen molar-refractivity contribution in [2.75, 3.05) is 19.8 Å². The van der Waals surface area contributed by atoms with E-state index in [4.69, 9.17) is 4.74 Å². The van der Waals surface area contributed by atoms with E-state index in [1.165, 1.54) is 6.07 Å². The van der Waals surface area contributed by atoms with Crippen LogP contribution in [0.2, 0.25) is 0 Å². The fraction of sp³-hybridized carbons (Fsp3) is 0.500. The molecule has 2 fully saturated rings. The quantitative estimate of drug-likeness (QED) is 0.895. The zero-order chi connectivity index (χ0) is 14.1. The molecular formula is C14H16F2N2O2. The topological polar surface area (TPSA) is 41.6 Å². The smallest absolute Gasteiger partial charge is 0.238 e. The Kier molecular flexibility index (Phi) is 3.67. The molecule has 20 heavy (non-hydrogen) atoms. The molecule has 0 spiro atoms. The summed E-state index contributed by atoms with van der Waals surface area (Å²) in [5.41, 5.74) is 0.556. The Hall–Kier alpha value is -1.53. The van der Waals surface area contributed by atoms with Crippen LogP contribution in [-0.2, 0) is 9.53 Å². The molecule has 1 amide bonds. The van der Waals surface area contributed by atoms with E-state index in [1.807, 2.05) is 0 Å². The van der Waals surface area contributed by atoms with Crippen molar-refractivity contribution >= 4 is 5.91 Å². The Morgan fingerprint density at radius 1 is 1.30 bits per heavy atom. The number of benzene rings is 1. The van der Waals surface area contributed by atoms with Gasteiger partial charge in [0.25, 0.3) is 0 Å². The van der Waals surface area contributed by atoms with Gasteiger partial charge in [-0.3, -0.25) is 10.1 Å². The number of amides is 1. The van der Waals surface area contributed by atoms with Crippen LogP contribution in [0.25, 0.3) is 0 Å². The maximum atomic E-state index is 13.4. The fourth-order valence-electron chi connectivity index (χ4n) is 2.84. The molecule has 6 heteroatoms. The van der Waals surface area contributed by atoms with Gasteiger partial charge in [-0.05, 0) is 30.5 Å². The number of hydrogen-bond acceptors (Lipinski definition) is 3. The van der Waals surface area contributed by atoms with Crippen LogP contribution in [0.4, 0.5) is 8.78 Å². The summed E-state index contributed by atoms with van der Waals surface area (Å²) in [4.78, 5) is 13.7. The second-order valence-electron chi connectivity index (χ2n) is 5.13. The van der Waals surface area contributed by atoms with Crippen LogP contribution < -0.4 is 5.32 Å². The largest absolute Gasteiger partial charge is 0.379 e. The minimum Gasteiger partial charge on any atom is -0.379 e. The third-order valence-corrected chi connectivity index (χ3v) is 3.80. The molecule has 108 valence electrons. The number of hydrogen-bond donors (Lipinski definition) is 1. The van der Waals surface area contributed by atoms with Crippen LogP contribution in [0.3, 0.4) is 0 Å². The molecule has 3 rings (SSSR count). The second-order valence-corrected chi connectivity index (χ2v) is 5.13. The Labute approximate surface area is 115 Å². The standard InChI is InChI=1S/C14H16F2N2O2/c15-11-4-3-9(6-12(11)16)14-17-7-13(19)18(14)10-2-1-5-20-8-10/h3-4,6,10,14,17H,1-2,5,7-8H2. The number of carbonyl (C=O) groups is 1. The molecule has 1 aromatic rings. The number of nitrogens with zero attached hydrogens (tertiary/aromatic N) is 1. The molecule has 2 aliphatic heterocycles. The molecule has 0 bridgehead atoms. The van der Waals surface area contributed by atoms with Crippen molar-refractivity contribution in [2.24, 2.45) is 0 Å². The van der Waals surface area contributed by atoms with Crippen molar-refractivity contribution in [1.29, 1.82) is 0 Å². The van der Waals surface area contributed by atoms with Crippen molar-refractivity contribution in [3.05, 3.63) is 35.4 Å². The summed E-state index contributed by atoms with van der Waals surface area (Å²) in [6, 6.07) is 3.72. The minimum atomic E-state index is -0.900. The molecule has 0 radical (unpaired) electrons.